The van der Waals surface area contributed by atoms with Crippen molar-refractivity contribution in [3.63, 3.8) is 0 Å². The molecule has 0 N–H and O–H groups in total. The van der Waals surface area contributed by atoms with Gasteiger partial charge in [-0.1, -0.05) is 12.1 Å². The average Bonchev–Trinajstić information content (AvgIpc) is 2.77. The molecule has 7 heteroatoms. The number of alkyl halides is 2. The molecule has 32 heavy (non-hydrogen) atoms. The normalized spacial score (nSPS) is 17.6. The van der Waals surface area contributed by atoms with Crippen molar-refractivity contribution in [3.05, 3.63) is 64.0 Å². The van der Waals surface area contributed by atoms with E-state index in [9.17, 15) is 18.0 Å². The molecule has 0 amide bonds. The number of benzene rings is 2. The van der Waals surface area contributed by atoms with E-state index >= 15 is 0 Å². The molecule has 0 saturated carbocycles. The van der Waals surface area contributed by atoms with Gasteiger partial charge in [-0.3, -0.25) is 9.36 Å². The van der Waals surface area contributed by atoms with Crippen molar-refractivity contribution >= 4 is 10.9 Å². The Morgan fingerprint density at radius 3 is 2.53 bits per heavy atom. The molecule has 1 aliphatic rings. The fraction of sp³-hybridized carbons (Fsp3) is 0.440. The molecule has 3 aromatic rings. The lowest BCUT2D eigenvalue weighted by atomic mass is 9.96. The molecule has 4 nitrogen and oxygen atoms in total. The third-order valence-electron chi connectivity index (χ3n) is 6.39. The molecule has 0 bridgehead atoms. The minimum atomic E-state index is -2.84. The van der Waals surface area contributed by atoms with Gasteiger partial charge in [-0.05, 0) is 87.0 Å². The maximum Gasteiger partial charge on any atom is 0.295 e. The number of hydrogen-bond donors (Lipinski definition) is 0. The molecule has 170 valence electrons. The first-order chi connectivity index (χ1) is 15.2. The Morgan fingerprint density at radius 1 is 1.12 bits per heavy atom. The van der Waals surface area contributed by atoms with E-state index in [0.29, 0.717) is 17.0 Å². The largest absolute Gasteiger partial charge is 0.301 e. The second-order valence-corrected chi connectivity index (χ2v) is 8.98. The maximum absolute atomic E-state index is 13.9. The zero-order chi connectivity index (χ0) is 23.0. The van der Waals surface area contributed by atoms with Gasteiger partial charge in [0.05, 0.1) is 10.9 Å². The van der Waals surface area contributed by atoms with Crippen LogP contribution in [0, 0.1) is 18.7 Å². The number of halogens is 3. The quantitative estimate of drug-likeness (QED) is 0.518. The van der Waals surface area contributed by atoms with Crippen LogP contribution in [0.4, 0.5) is 13.2 Å². The number of piperidine rings is 1. The molecule has 2 aromatic carbocycles. The van der Waals surface area contributed by atoms with Crippen LogP contribution >= 0.6 is 0 Å². The molecular formula is C25H28F3N3O. The molecule has 1 saturated heterocycles. The summed E-state index contributed by atoms with van der Waals surface area (Å²) >= 11 is 0. The molecule has 1 atom stereocenters. The Bertz CT molecular complexity index is 1190. The van der Waals surface area contributed by atoms with Crippen LogP contribution in [-0.4, -0.2) is 33.6 Å². The summed E-state index contributed by atoms with van der Waals surface area (Å²) in [5.41, 5.74) is 1.77. The summed E-state index contributed by atoms with van der Waals surface area (Å²) in [5, 5.41) is 0.297. The number of nitrogens with zero attached hydrogens (tertiary/aromatic N) is 3. The van der Waals surface area contributed by atoms with Gasteiger partial charge in [0.15, 0.2) is 5.82 Å². The van der Waals surface area contributed by atoms with Gasteiger partial charge in [-0.2, -0.15) is 0 Å². The average molecular weight is 444 g/mol. The van der Waals surface area contributed by atoms with Crippen LogP contribution in [0.3, 0.4) is 0 Å². The van der Waals surface area contributed by atoms with Gasteiger partial charge >= 0.3 is 0 Å². The molecule has 0 radical (unpaired) electrons. The lowest BCUT2D eigenvalue weighted by Gasteiger charge is -2.35. The van der Waals surface area contributed by atoms with Crippen LogP contribution in [-0.2, 0) is 6.54 Å². The number of likely N-dealkylation sites (tertiary alicyclic amines) is 1. The Hall–Kier alpha value is -2.67. The molecule has 1 aromatic heterocycles. The van der Waals surface area contributed by atoms with Crippen molar-refractivity contribution in [2.24, 2.45) is 5.92 Å². The number of aryl methyl sites for hydroxylation is 1. The molecule has 0 aliphatic carbocycles. The van der Waals surface area contributed by atoms with Crippen molar-refractivity contribution in [2.75, 3.05) is 13.1 Å². The minimum absolute atomic E-state index is 0.114. The predicted molar refractivity (Wildman–Crippen MR) is 121 cm³/mol. The van der Waals surface area contributed by atoms with E-state index in [1.54, 1.807) is 37.3 Å². The van der Waals surface area contributed by atoms with Crippen molar-refractivity contribution in [2.45, 2.75) is 52.6 Å². The highest BCUT2D eigenvalue weighted by Crippen LogP contribution is 2.27. The van der Waals surface area contributed by atoms with Crippen LogP contribution in [0.1, 0.15) is 44.5 Å². The number of fused-ring (bicyclic) bond motifs is 1. The van der Waals surface area contributed by atoms with E-state index in [1.165, 1.54) is 10.6 Å². The van der Waals surface area contributed by atoms with Crippen LogP contribution in [0.5, 0.6) is 0 Å². The first-order valence-corrected chi connectivity index (χ1v) is 11.1. The maximum atomic E-state index is 13.9. The van der Waals surface area contributed by atoms with Crippen LogP contribution < -0.4 is 5.56 Å². The van der Waals surface area contributed by atoms with Crippen molar-refractivity contribution < 1.29 is 13.2 Å². The van der Waals surface area contributed by atoms with E-state index in [-0.39, 0.29) is 23.8 Å². The topological polar surface area (TPSA) is 38.1 Å². The molecule has 1 fully saturated rings. The van der Waals surface area contributed by atoms with Gasteiger partial charge < -0.3 is 4.90 Å². The number of hydrogen-bond acceptors (Lipinski definition) is 3. The van der Waals surface area contributed by atoms with Crippen LogP contribution in [0.2, 0.25) is 0 Å². The summed E-state index contributed by atoms with van der Waals surface area (Å²) in [4.78, 5) is 19.8. The second kappa shape index (κ2) is 9.06. The smallest absolute Gasteiger partial charge is 0.295 e. The monoisotopic (exact) mass is 443 g/mol. The van der Waals surface area contributed by atoms with E-state index < -0.39 is 17.8 Å². The highest BCUT2D eigenvalue weighted by Gasteiger charge is 2.26. The molecule has 4 rings (SSSR count). The summed E-state index contributed by atoms with van der Waals surface area (Å²) < 4.78 is 42.5. The van der Waals surface area contributed by atoms with Gasteiger partial charge in [-0.15, -0.1) is 0 Å². The zero-order valence-electron chi connectivity index (χ0n) is 18.6. The van der Waals surface area contributed by atoms with Gasteiger partial charge in [-0.25, -0.2) is 18.2 Å². The van der Waals surface area contributed by atoms with Gasteiger partial charge in [0.2, 0.25) is 0 Å². The molecule has 1 aliphatic heterocycles. The van der Waals surface area contributed by atoms with Gasteiger partial charge in [0.1, 0.15) is 5.82 Å². The Balaban J connectivity index is 1.77. The van der Waals surface area contributed by atoms with Gasteiger partial charge in [0.25, 0.3) is 12.0 Å². The first-order valence-electron chi connectivity index (χ1n) is 11.1. The summed E-state index contributed by atoms with van der Waals surface area (Å²) in [6.45, 7) is 7.91. The van der Waals surface area contributed by atoms with Crippen LogP contribution in [0.15, 0.2) is 41.2 Å². The fourth-order valence-electron chi connectivity index (χ4n) is 4.56. The van der Waals surface area contributed by atoms with Gasteiger partial charge in [0, 0.05) is 19.1 Å². The van der Waals surface area contributed by atoms with E-state index in [4.69, 9.17) is 0 Å². The molecular weight excluding hydrogens is 415 g/mol. The highest BCUT2D eigenvalue weighted by molar-refractivity contribution is 5.84. The van der Waals surface area contributed by atoms with Crippen molar-refractivity contribution in [1.29, 1.82) is 0 Å². The van der Waals surface area contributed by atoms with Crippen molar-refractivity contribution in [1.82, 2.24) is 14.5 Å². The predicted octanol–water partition coefficient (Wildman–Crippen LogP) is 5.57. The lowest BCUT2D eigenvalue weighted by Crippen LogP contribution is -2.42. The second-order valence-electron chi connectivity index (χ2n) is 8.98. The fourth-order valence-corrected chi connectivity index (χ4v) is 4.56. The lowest BCUT2D eigenvalue weighted by molar-refractivity contribution is 0.114. The summed E-state index contributed by atoms with van der Waals surface area (Å²) in [5.74, 6) is -0.666. The van der Waals surface area contributed by atoms with E-state index in [0.717, 1.165) is 37.1 Å². The Kier molecular flexibility index (Phi) is 6.38. The third kappa shape index (κ3) is 4.44. The van der Waals surface area contributed by atoms with E-state index in [1.807, 2.05) is 0 Å². The minimum Gasteiger partial charge on any atom is -0.301 e. The van der Waals surface area contributed by atoms with Crippen molar-refractivity contribution in [3.8, 4) is 11.1 Å². The standard InChI is InChI=1S/C25H28F3N3O/c1-15(2)30-10-4-5-17(13-30)14-31-24(23(27)28)29-22-9-7-19(12-20(22)25(31)32)18-6-8-21(26)16(3)11-18/h6-9,11-12,15,17,23H,4-5,10,13-14H2,1-3H3/t17-/m0/s1. The number of aromatic nitrogens is 2. The first kappa shape index (κ1) is 22.5. The summed E-state index contributed by atoms with van der Waals surface area (Å²) in [6.07, 6.45) is -0.960. The molecule has 2 heterocycles. The van der Waals surface area contributed by atoms with Crippen LogP contribution in [0.25, 0.3) is 22.0 Å². The highest BCUT2D eigenvalue weighted by atomic mass is 19.3. The zero-order valence-corrected chi connectivity index (χ0v) is 18.6. The summed E-state index contributed by atoms with van der Waals surface area (Å²) in [6, 6.07) is 10.1. The summed E-state index contributed by atoms with van der Waals surface area (Å²) in [7, 11) is 0. The van der Waals surface area contributed by atoms with E-state index in [2.05, 4.69) is 23.7 Å². The third-order valence-corrected chi connectivity index (χ3v) is 6.39. The number of rotatable bonds is 5. The molecule has 0 unspecified atom stereocenters. The Morgan fingerprint density at radius 2 is 1.84 bits per heavy atom. The SMILES string of the molecule is Cc1cc(-c2ccc3nc(C(F)F)n(C[C@H]4CCCN(C(C)C)C4)c(=O)c3c2)ccc1F. The molecule has 0 spiro atoms. The Labute approximate surface area is 185 Å².